The van der Waals surface area contributed by atoms with E-state index in [0.29, 0.717) is 5.56 Å². The van der Waals surface area contributed by atoms with Crippen LogP contribution in [0.3, 0.4) is 0 Å². The Kier molecular flexibility index (Phi) is 6.63. The number of benzene rings is 2. The summed E-state index contributed by atoms with van der Waals surface area (Å²) < 4.78 is 58.9. The van der Waals surface area contributed by atoms with Gasteiger partial charge in [-0.1, -0.05) is 26.0 Å². The number of sulfonamides is 1. The summed E-state index contributed by atoms with van der Waals surface area (Å²) in [5, 5.41) is 6.47. The van der Waals surface area contributed by atoms with Crippen LogP contribution < -0.4 is 24.6 Å². The molecule has 1 saturated heterocycles. The Morgan fingerprint density at radius 1 is 1.08 bits per heavy atom. The predicted molar refractivity (Wildman–Crippen MR) is 137 cm³/mol. The molecule has 2 aliphatic heterocycles. The zero-order chi connectivity index (χ0) is 26.2. The quantitative estimate of drug-likeness (QED) is 0.477. The highest BCUT2D eigenvalue weighted by molar-refractivity contribution is 7.93. The number of anilines is 4. The van der Waals surface area contributed by atoms with Crippen molar-refractivity contribution in [3.05, 3.63) is 60.3 Å². The van der Waals surface area contributed by atoms with Gasteiger partial charge in [0.2, 0.25) is 5.95 Å². The van der Waals surface area contributed by atoms with Gasteiger partial charge in [-0.3, -0.25) is 0 Å². The molecule has 3 aromatic rings. The van der Waals surface area contributed by atoms with Crippen molar-refractivity contribution in [3.63, 3.8) is 0 Å². The van der Waals surface area contributed by atoms with Gasteiger partial charge in [0.1, 0.15) is 10.6 Å². The van der Waals surface area contributed by atoms with Crippen LogP contribution in [0.2, 0.25) is 0 Å². The third kappa shape index (κ3) is 5.03. The van der Waals surface area contributed by atoms with E-state index in [2.05, 4.69) is 30.2 Å². The van der Waals surface area contributed by atoms with Gasteiger partial charge in [-0.25, -0.2) is 17.7 Å². The number of piperazine rings is 1. The Morgan fingerprint density at radius 2 is 1.78 bits per heavy atom. The van der Waals surface area contributed by atoms with Gasteiger partial charge in [0.05, 0.1) is 0 Å². The van der Waals surface area contributed by atoms with Crippen molar-refractivity contribution in [3.8, 4) is 5.75 Å². The fraction of sp³-hybridized carbons (Fsp3) is 0.360. The number of nitrogens with zero attached hydrogens (tertiary/aromatic N) is 4. The van der Waals surface area contributed by atoms with Crippen molar-refractivity contribution in [1.82, 2.24) is 15.3 Å². The van der Waals surface area contributed by atoms with Crippen LogP contribution in [0.5, 0.6) is 5.75 Å². The van der Waals surface area contributed by atoms with Crippen molar-refractivity contribution >= 4 is 33.2 Å². The molecule has 0 spiro atoms. The molecule has 37 heavy (non-hydrogen) atoms. The molecule has 0 unspecified atom stereocenters. The van der Waals surface area contributed by atoms with Crippen LogP contribution in [-0.4, -0.2) is 57.7 Å². The van der Waals surface area contributed by atoms with E-state index in [1.54, 1.807) is 6.20 Å². The highest BCUT2D eigenvalue weighted by Gasteiger charge is 2.44. The SMILES string of the molecule is CC1(C)CN(S(=O)(=O)c2ccccc2OC(F)F)c2nc(Nc3ccc(N4CCNCC4)cc3)ncc21. The number of hydrogen-bond donors (Lipinski definition) is 2. The molecule has 0 atom stereocenters. The summed E-state index contributed by atoms with van der Waals surface area (Å²) in [6, 6.07) is 13.2. The Labute approximate surface area is 214 Å². The number of fused-ring (bicyclic) bond motifs is 1. The van der Waals surface area contributed by atoms with Gasteiger partial charge < -0.3 is 20.3 Å². The summed E-state index contributed by atoms with van der Waals surface area (Å²) in [7, 11) is -4.26. The summed E-state index contributed by atoms with van der Waals surface area (Å²) in [5.41, 5.74) is 1.92. The van der Waals surface area contributed by atoms with Crippen molar-refractivity contribution in [2.24, 2.45) is 0 Å². The van der Waals surface area contributed by atoms with Gasteiger partial charge in [-0.2, -0.15) is 13.8 Å². The summed E-state index contributed by atoms with van der Waals surface area (Å²) in [4.78, 5) is 10.9. The molecule has 1 fully saturated rings. The first kappa shape index (κ1) is 25.2. The first-order chi connectivity index (χ1) is 17.6. The third-order valence-corrected chi connectivity index (χ3v) is 8.29. The van der Waals surface area contributed by atoms with Crippen LogP contribution in [0.25, 0.3) is 0 Å². The molecule has 3 heterocycles. The summed E-state index contributed by atoms with van der Waals surface area (Å²) in [5.74, 6) is 0.0104. The lowest BCUT2D eigenvalue weighted by molar-refractivity contribution is -0.0517. The lowest BCUT2D eigenvalue weighted by atomic mass is 9.89. The summed E-state index contributed by atoms with van der Waals surface area (Å²) in [6.45, 7) is 4.44. The molecule has 196 valence electrons. The average molecular weight is 531 g/mol. The van der Waals surface area contributed by atoms with E-state index in [1.165, 1.54) is 24.3 Å². The molecule has 2 N–H and O–H groups in total. The molecule has 0 saturated carbocycles. The number of nitrogens with one attached hydrogen (secondary N) is 2. The van der Waals surface area contributed by atoms with Crippen molar-refractivity contribution < 1.29 is 21.9 Å². The van der Waals surface area contributed by atoms with Crippen molar-refractivity contribution in [1.29, 1.82) is 0 Å². The van der Waals surface area contributed by atoms with Gasteiger partial charge in [0.25, 0.3) is 10.0 Å². The standard InChI is InChI=1S/C25H28F2N6O3S/c1-25(2)16-33(37(34,35)21-6-4-3-5-20(21)36-23(26)27)22-19(25)15-29-24(31-22)30-17-7-9-18(10-8-17)32-13-11-28-12-14-32/h3-10,15,23,28H,11-14,16H2,1-2H3,(H,29,30,31). The summed E-state index contributed by atoms with van der Waals surface area (Å²) in [6.07, 6.45) is 1.61. The zero-order valence-electron chi connectivity index (χ0n) is 20.5. The number of rotatable bonds is 7. The maximum atomic E-state index is 13.7. The maximum Gasteiger partial charge on any atom is 0.387 e. The molecule has 0 radical (unpaired) electrons. The van der Waals surface area contributed by atoms with E-state index >= 15 is 0 Å². The number of halogens is 2. The minimum atomic E-state index is -4.26. The Bertz CT molecular complexity index is 1380. The second kappa shape index (κ2) is 9.75. The Balaban J connectivity index is 1.44. The summed E-state index contributed by atoms with van der Waals surface area (Å²) >= 11 is 0. The van der Waals surface area contributed by atoms with Crippen LogP contribution >= 0.6 is 0 Å². The van der Waals surface area contributed by atoms with Crippen molar-refractivity contribution in [2.45, 2.75) is 30.8 Å². The Morgan fingerprint density at radius 3 is 2.49 bits per heavy atom. The molecule has 0 aliphatic carbocycles. The molecule has 12 heteroatoms. The normalized spacial score (nSPS) is 17.1. The van der Waals surface area contributed by atoms with Crippen LogP contribution in [-0.2, 0) is 15.4 Å². The van der Waals surface area contributed by atoms with Crippen LogP contribution in [0, 0.1) is 0 Å². The third-order valence-electron chi connectivity index (χ3n) is 6.51. The lowest BCUT2D eigenvalue weighted by Crippen LogP contribution is -2.43. The minimum Gasteiger partial charge on any atom is -0.433 e. The predicted octanol–water partition coefficient (Wildman–Crippen LogP) is 3.72. The molecule has 2 aliphatic rings. The van der Waals surface area contributed by atoms with Gasteiger partial charge >= 0.3 is 6.61 Å². The Hall–Kier alpha value is -3.51. The molecule has 9 nitrogen and oxygen atoms in total. The van der Waals surface area contributed by atoms with Crippen molar-refractivity contribution in [2.75, 3.05) is 47.2 Å². The highest BCUT2D eigenvalue weighted by Crippen LogP contribution is 2.43. The fourth-order valence-electron chi connectivity index (χ4n) is 4.60. The number of para-hydroxylation sites is 1. The first-order valence-electron chi connectivity index (χ1n) is 11.9. The van der Waals surface area contributed by atoms with E-state index in [0.717, 1.165) is 41.9 Å². The first-order valence-corrected chi connectivity index (χ1v) is 13.4. The molecule has 0 bridgehead atoms. The highest BCUT2D eigenvalue weighted by atomic mass is 32.2. The molecule has 0 amide bonds. The molecule has 5 rings (SSSR count). The van der Waals surface area contributed by atoms with E-state index in [4.69, 9.17) is 0 Å². The molecular formula is C25H28F2N6O3S. The molecule has 2 aromatic carbocycles. The van der Waals surface area contributed by atoms with Crippen LogP contribution in [0.4, 0.5) is 31.9 Å². The fourth-order valence-corrected chi connectivity index (χ4v) is 6.32. The van der Waals surface area contributed by atoms with E-state index in [-0.39, 0.29) is 23.2 Å². The average Bonchev–Trinajstić information content (AvgIpc) is 3.16. The van der Waals surface area contributed by atoms with Crippen LogP contribution in [0.1, 0.15) is 19.4 Å². The number of hydrogen-bond acceptors (Lipinski definition) is 8. The number of ether oxygens (including phenoxy) is 1. The van der Waals surface area contributed by atoms with Crippen LogP contribution in [0.15, 0.2) is 59.6 Å². The minimum absolute atomic E-state index is 0.0746. The van der Waals surface area contributed by atoms with E-state index in [1.807, 2.05) is 38.1 Å². The lowest BCUT2D eigenvalue weighted by Gasteiger charge is -2.29. The van der Waals surface area contributed by atoms with Gasteiger partial charge in [0, 0.05) is 61.3 Å². The molecule has 1 aromatic heterocycles. The molecular weight excluding hydrogens is 502 g/mol. The second-order valence-electron chi connectivity index (χ2n) is 9.56. The van der Waals surface area contributed by atoms with E-state index < -0.39 is 27.8 Å². The monoisotopic (exact) mass is 530 g/mol. The van der Waals surface area contributed by atoms with E-state index in [9.17, 15) is 17.2 Å². The maximum absolute atomic E-state index is 13.7. The zero-order valence-corrected chi connectivity index (χ0v) is 21.3. The van der Waals surface area contributed by atoms with Gasteiger partial charge in [-0.05, 0) is 36.4 Å². The number of aromatic nitrogens is 2. The second-order valence-corrected chi connectivity index (χ2v) is 11.4. The van der Waals surface area contributed by atoms with Gasteiger partial charge in [-0.15, -0.1) is 0 Å². The largest absolute Gasteiger partial charge is 0.433 e. The topological polar surface area (TPSA) is 99.7 Å². The van der Waals surface area contributed by atoms with Gasteiger partial charge in [0.15, 0.2) is 5.82 Å². The number of alkyl halides is 2. The smallest absolute Gasteiger partial charge is 0.387 e.